The second-order valence-corrected chi connectivity index (χ2v) is 5.36. The maximum absolute atomic E-state index is 11.3. The van der Waals surface area contributed by atoms with Crippen LogP contribution in [0.25, 0.3) is 10.2 Å². The SMILES string of the molecule is CN(C)C(=O)NCCNc1ccc2scnc2c1[N+](=O)[O-]. The van der Waals surface area contributed by atoms with E-state index in [-0.39, 0.29) is 11.7 Å². The summed E-state index contributed by atoms with van der Waals surface area (Å²) in [6.45, 7) is 0.749. The Morgan fingerprint density at radius 3 is 2.86 bits per heavy atom. The fourth-order valence-corrected chi connectivity index (χ4v) is 2.45. The highest BCUT2D eigenvalue weighted by molar-refractivity contribution is 7.16. The zero-order chi connectivity index (χ0) is 15.4. The summed E-state index contributed by atoms with van der Waals surface area (Å²) in [4.78, 5) is 27.6. The predicted molar refractivity (Wildman–Crippen MR) is 81.8 cm³/mol. The van der Waals surface area contributed by atoms with Crippen LogP contribution < -0.4 is 10.6 Å². The second kappa shape index (κ2) is 6.35. The molecule has 2 amide bonds. The van der Waals surface area contributed by atoms with Gasteiger partial charge >= 0.3 is 11.7 Å². The van der Waals surface area contributed by atoms with E-state index >= 15 is 0 Å². The molecule has 0 radical (unpaired) electrons. The number of anilines is 1. The number of thiazole rings is 1. The lowest BCUT2D eigenvalue weighted by Crippen LogP contribution is -2.37. The Hall–Kier alpha value is -2.42. The van der Waals surface area contributed by atoms with Gasteiger partial charge in [-0.3, -0.25) is 10.1 Å². The van der Waals surface area contributed by atoms with Gasteiger partial charge in [-0.05, 0) is 12.1 Å². The largest absolute Gasteiger partial charge is 0.378 e. The van der Waals surface area contributed by atoms with Gasteiger partial charge in [-0.1, -0.05) is 0 Å². The van der Waals surface area contributed by atoms with Crippen LogP contribution >= 0.6 is 11.3 Å². The number of fused-ring (bicyclic) bond motifs is 1. The number of benzene rings is 1. The summed E-state index contributed by atoms with van der Waals surface area (Å²) in [6, 6.07) is 3.24. The molecule has 1 aromatic carbocycles. The first-order valence-electron chi connectivity index (χ1n) is 6.20. The fraction of sp³-hybridized carbons (Fsp3) is 0.333. The lowest BCUT2D eigenvalue weighted by molar-refractivity contribution is -0.382. The molecule has 0 saturated heterocycles. The molecule has 0 fully saturated rings. The van der Waals surface area contributed by atoms with Crippen molar-refractivity contribution in [3.63, 3.8) is 0 Å². The van der Waals surface area contributed by atoms with Gasteiger partial charge in [0.05, 0.1) is 15.1 Å². The van der Waals surface area contributed by atoms with Gasteiger partial charge in [0.2, 0.25) is 0 Å². The molecule has 8 nitrogen and oxygen atoms in total. The lowest BCUT2D eigenvalue weighted by Gasteiger charge is -2.12. The van der Waals surface area contributed by atoms with Gasteiger partial charge in [0, 0.05) is 27.2 Å². The molecule has 112 valence electrons. The van der Waals surface area contributed by atoms with Crippen molar-refractivity contribution in [1.29, 1.82) is 0 Å². The van der Waals surface area contributed by atoms with Crippen molar-refractivity contribution in [3.05, 3.63) is 27.8 Å². The summed E-state index contributed by atoms with van der Waals surface area (Å²) in [5, 5.41) is 16.9. The van der Waals surface area contributed by atoms with Crippen LogP contribution in [0.5, 0.6) is 0 Å². The topological polar surface area (TPSA) is 100 Å². The van der Waals surface area contributed by atoms with E-state index in [9.17, 15) is 14.9 Å². The van der Waals surface area contributed by atoms with Crippen molar-refractivity contribution in [3.8, 4) is 0 Å². The molecule has 1 heterocycles. The first-order valence-corrected chi connectivity index (χ1v) is 7.08. The van der Waals surface area contributed by atoms with Crippen molar-refractivity contribution in [1.82, 2.24) is 15.2 Å². The lowest BCUT2D eigenvalue weighted by atomic mass is 10.2. The molecule has 21 heavy (non-hydrogen) atoms. The van der Waals surface area contributed by atoms with Crippen LogP contribution in [0, 0.1) is 10.1 Å². The molecule has 1 aromatic heterocycles. The van der Waals surface area contributed by atoms with E-state index in [4.69, 9.17) is 0 Å². The highest BCUT2D eigenvalue weighted by Gasteiger charge is 2.20. The van der Waals surface area contributed by atoms with E-state index in [1.807, 2.05) is 0 Å². The number of amides is 2. The molecule has 0 spiro atoms. The van der Waals surface area contributed by atoms with Gasteiger partial charge in [0.1, 0.15) is 5.69 Å². The van der Waals surface area contributed by atoms with E-state index in [2.05, 4.69) is 15.6 Å². The number of carbonyl (C=O) groups is 1. The number of rotatable bonds is 5. The third-order valence-corrected chi connectivity index (χ3v) is 3.58. The van der Waals surface area contributed by atoms with E-state index in [0.29, 0.717) is 24.3 Å². The Morgan fingerprint density at radius 1 is 1.43 bits per heavy atom. The molecule has 2 aromatic rings. The Balaban J connectivity index is 2.06. The fourth-order valence-electron chi connectivity index (χ4n) is 1.77. The summed E-state index contributed by atoms with van der Waals surface area (Å²) in [6.07, 6.45) is 0. The number of hydrogen-bond donors (Lipinski definition) is 2. The molecular weight excluding hydrogens is 294 g/mol. The van der Waals surface area contributed by atoms with Crippen LogP contribution in [0.2, 0.25) is 0 Å². The summed E-state index contributed by atoms with van der Waals surface area (Å²) in [5.41, 5.74) is 2.33. The highest BCUT2D eigenvalue weighted by atomic mass is 32.1. The summed E-state index contributed by atoms with van der Waals surface area (Å²) >= 11 is 1.36. The van der Waals surface area contributed by atoms with Crippen molar-refractivity contribution in [2.24, 2.45) is 0 Å². The predicted octanol–water partition coefficient (Wildman–Crippen LogP) is 1.89. The van der Waals surface area contributed by atoms with Gasteiger partial charge < -0.3 is 15.5 Å². The number of nitro groups is 1. The van der Waals surface area contributed by atoms with Crippen molar-refractivity contribution < 1.29 is 9.72 Å². The average Bonchev–Trinajstić information content (AvgIpc) is 2.90. The monoisotopic (exact) mass is 309 g/mol. The number of carbonyl (C=O) groups excluding carboxylic acids is 1. The van der Waals surface area contributed by atoms with Crippen molar-refractivity contribution in [2.75, 3.05) is 32.5 Å². The zero-order valence-corrected chi connectivity index (χ0v) is 12.4. The number of nitrogens with one attached hydrogen (secondary N) is 2. The van der Waals surface area contributed by atoms with Crippen molar-refractivity contribution >= 4 is 39.0 Å². The molecule has 2 N–H and O–H groups in total. The van der Waals surface area contributed by atoms with Crippen LogP contribution in [-0.2, 0) is 0 Å². The molecular formula is C12H15N5O3S. The van der Waals surface area contributed by atoms with Crippen LogP contribution in [0.3, 0.4) is 0 Å². The number of nitro benzene ring substituents is 1. The molecule has 0 aliphatic heterocycles. The van der Waals surface area contributed by atoms with Gasteiger partial charge in [0.25, 0.3) is 0 Å². The third kappa shape index (κ3) is 3.37. The van der Waals surface area contributed by atoms with E-state index in [0.717, 1.165) is 4.70 Å². The van der Waals surface area contributed by atoms with E-state index in [1.165, 1.54) is 16.2 Å². The number of aromatic nitrogens is 1. The van der Waals surface area contributed by atoms with Crippen LogP contribution in [0.15, 0.2) is 17.6 Å². The molecule has 0 aliphatic rings. The number of nitrogens with zero attached hydrogens (tertiary/aromatic N) is 3. The van der Waals surface area contributed by atoms with Crippen LogP contribution in [0.1, 0.15) is 0 Å². The zero-order valence-electron chi connectivity index (χ0n) is 11.6. The molecule has 0 atom stereocenters. The van der Waals surface area contributed by atoms with Crippen LogP contribution in [0.4, 0.5) is 16.2 Å². The molecule has 0 aliphatic carbocycles. The molecule has 0 bridgehead atoms. The molecule has 0 saturated carbocycles. The number of urea groups is 1. The minimum atomic E-state index is -0.442. The van der Waals surface area contributed by atoms with Crippen molar-refractivity contribution in [2.45, 2.75) is 0 Å². The number of hydrogen-bond acceptors (Lipinski definition) is 6. The maximum Gasteiger partial charge on any atom is 0.319 e. The second-order valence-electron chi connectivity index (χ2n) is 4.47. The van der Waals surface area contributed by atoms with Gasteiger partial charge in [-0.25, -0.2) is 9.78 Å². The first kappa shape index (κ1) is 15.0. The molecule has 9 heteroatoms. The normalized spacial score (nSPS) is 10.4. The minimum absolute atomic E-state index is 0.0345. The maximum atomic E-state index is 11.3. The van der Waals surface area contributed by atoms with Crippen LogP contribution in [-0.4, -0.2) is 48.0 Å². The van der Waals surface area contributed by atoms with Gasteiger partial charge in [-0.15, -0.1) is 11.3 Å². The molecule has 2 rings (SSSR count). The van der Waals surface area contributed by atoms with E-state index < -0.39 is 4.92 Å². The van der Waals surface area contributed by atoms with Gasteiger partial charge in [-0.2, -0.15) is 0 Å². The quantitative estimate of drug-likeness (QED) is 0.499. The van der Waals surface area contributed by atoms with Gasteiger partial charge in [0.15, 0.2) is 5.52 Å². The molecule has 0 unspecified atom stereocenters. The standard InChI is InChI=1S/C12H15N5O3S/c1-16(2)12(18)14-6-5-13-8-3-4-9-10(15-7-21-9)11(8)17(19)20/h3-4,7,13H,5-6H2,1-2H3,(H,14,18). The Labute approximate surface area is 124 Å². The Bertz CT molecular complexity index is 670. The third-order valence-electron chi connectivity index (χ3n) is 2.78. The minimum Gasteiger partial charge on any atom is -0.378 e. The summed E-state index contributed by atoms with van der Waals surface area (Å²) < 4.78 is 0.771. The Kier molecular flexibility index (Phi) is 4.53. The first-order chi connectivity index (χ1) is 10.0. The highest BCUT2D eigenvalue weighted by Crippen LogP contribution is 2.34. The Morgan fingerprint density at radius 2 is 2.19 bits per heavy atom. The summed E-state index contributed by atoms with van der Waals surface area (Å²) in [7, 11) is 3.29. The smallest absolute Gasteiger partial charge is 0.319 e. The van der Waals surface area contributed by atoms with E-state index in [1.54, 1.807) is 31.7 Å². The summed E-state index contributed by atoms with van der Waals surface area (Å²) in [5.74, 6) is 0. The average molecular weight is 309 g/mol.